The van der Waals surface area contributed by atoms with Crippen molar-refractivity contribution in [2.75, 3.05) is 19.0 Å². The molecule has 1 aromatic heterocycles. The maximum Gasteiger partial charge on any atom is 0.146 e. The Morgan fingerprint density at radius 1 is 1.28 bits per heavy atom. The van der Waals surface area contributed by atoms with E-state index in [0.717, 1.165) is 22.8 Å². The Bertz CT molecular complexity index is 506. The first-order valence-corrected chi connectivity index (χ1v) is 5.86. The standard InChI is InChI=1S/C14H18N2O2/c1-16(2)12-4-3-5-13(8-12)18-10-14-11(9-15)6-7-17-14/h3-8H,9-10,15H2,1-2H3. The van der Waals surface area contributed by atoms with Crippen LogP contribution in [0.5, 0.6) is 5.75 Å². The summed E-state index contributed by atoms with van der Waals surface area (Å²) < 4.78 is 11.0. The highest BCUT2D eigenvalue weighted by Crippen LogP contribution is 2.21. The Labute approximate surface area is 107 Å². The van der Waals surface area contributed by atoms with Crippen molar-refractivity contribution in [3.8, 4) is 5.75 Å². The molecule has 0 aliphatic heterocycles. The second kappa shape index (κ2) is 5.60. The molecule has 2 rings (SSSR count). The molecule has 0 atom stereocenters. The molecule has 0 radical (unpaired) electrons. The lowest BCUT2D eigenvalue weighted by atomic mass is 10.2. The summed E-state index contributed by atoms with van der Waals surface area (Å²) in [7, 11) is 4.00. The molecule has 4 nitrogen and oxygen atoms in total. The summed E-state index contributed by atoms with van der Waals surface area (Å²) in [6.45, 7) is 0.864. The van der Waals surface area contributed by atoms with Crippen LogP contribution in [-0.4, -0.2) is 14.1 Å². The first-order chi connectivity index (χ1) is 8.70. The van der Waals surface area contributed by atoms with E-state index >= 15 is 0 Å². The van der Waals surface area contributed by atoms with Crippen LogP contribution in [0.3, 0.4) is 0 Å². The second-order valence-corrected chi connectivity index (χ2v) is 4.25. The van der Waals surface area contributed by atoms with Crippen molar-refractivity contribution < 1.29 is 9.15 Å². The molecule has 2 N–H and O–H groups in total. The normalized spacial score (nSPS) is 10.4. The molecule has 2 aromatic rings. The van der Waals surface area contributed by atoms with E-state index in [1.807, 2.05) is 49.3 Å². The van der Waals surface area contributed by atoms with E-state index in [2.05, 4.69) is 0 Å². The fraction of sp³-hybridized carbons (Fsp3) is 0.286. The Morgan fingerprint density at radius 3 is 2.83 bits per heavy atom. The van der Waals surface area contributed by atoms with Gasteiger partial charge in [0, 0.05) is 38.0 Å². The number of nitrogens with zero attached hydrogens (tertiary/aromatic N) is 1. The number of furan rings is 1. The van der Waals surface area contributed by atoms with E-state index in [1.165, 1.54) is 0 Å². The highest BCUT2D eigenvalue weighted by molar-refractivity contribution is 5.49. The van der Waals surface area contributed by atoms with Gasteiger partial charge in [-0.3, -0.25) is 0 Å². The van der Waals surface area contributed by atoms with Gasteiger partial charge in [-0.2, -0.15) is 0 Å². The van der Waals surface area contributed by atoms with Gasteiger partial charge in [0.25, 0.3) is 0 Å². The van der Waals surface area contributed by atoms with Gasteiger partial charge < -0.3 is 19.8 Å². The van der Waals surface area contributed by atoms with Gasteiger partial charge >= 0.3 is 0 Å². The number of nitrogens with two attached hydrogens (primary N) is 1. The lowest BCUT2D eigenvalue weighted by Crippen LogP contribution is -2.08. The highest BCUT2D eigenvalue weighted by atomic mass is 16.5. The maximum atomic E-state index is 5.71. The summed E-state index contributed by atoms with van der Waals surface area (Å²) in [5, 5.41) is 0. The zero-order valence-electron chi connectivity index (χ0n) is 10.7. The fourth-order valence-corrected chi connectivity index (χ4v) is 1.68. The summed E-state index contributed by atoms with van der Waals surface area (Å²) in [4.78, 5) is 2.03. The Balaban J connectivity index is 2.04. The Morgan fingerprint density at radius 2 is 2.11 bits per heavy atom. The topological polar surface area (TPSA) is 51.6 Å². The van der Waals surface area contributed by atoms with Gasteiger partial charge in [0.15, 0.2) is 0 Å². The van der Waals surface area contributed by atoms with Crippen LogP contribution < -0.4 is 15.4 Å². The molecule has 0 saturated heterocycles. The molecule has 0 spiro atoms. The Hall–Kier alpha value is -1.94. The van der Waals surface area contributed by atoms with E-state index in [-0.39, 0.29) is 0 Å². The molecule has 0 amide bonds. The predicted octanol–water partition coefficient (Wildman–Crippen LogP) is 2.38. The van der Waals surface area contributed by atoms with E-state index in [0.29, 0.717) is 13.2 Å². The van der Waals surface area contributed by atoms with Crippen molar-refractivity contribution >= 4 is 5.69 Å². The molecule has 0 bridgehead atoms. The number of rotatable bonds is 5. The van der Waals surface area contributed by atoms with Gasteiger partial charge in [-0.15, -0.1) is 0 Å². The molecule has 18 heavy (non-hydrogen) atoms. The van der Waals surface area contributed by atoms with E-state index in [9.17, 15) is 0 Å². The summed E-state index contributed by atoms with van der Waals surface area (Å²) in [6, 6.07) is 9.79. The first kappa shape index (κ1) is 12.5. The lowest BCUT2D eigenvalue weighted by molar-refractivity contribution is 0.268. The van der Waals surface area contributed by atoms with Gasteiger partial charge in [0.1, 0.15) is 18.1 Å². The third kappa shape index (κ3) is 2.84. The molecule has 1 aromatic carbocycles. The van der Waals surface area contributed by atoms with Gasteiger partial charge in [-0.1, -0.05) is 6.07 Å². The van der Waals surface area contributed by atoms with Crippen molar-refractivity contribution in [3.63, 3.8) is 0 Å². The van der Waals surface area contributed by atoms with Crippen LogP contribution in [0, 0.1) is 0 Å². The van der Waals surface area contributed by atoms with Crippen LogP contribution in [0.15, 0.2) is 41.0 Å². The van der Waals surface area contributed by atoms with Crippen molar-refractivity contribution in [1.29, 1.82) is 0 Å². The second-order valence-electron chi connectivity index (χ2n) is 4.25. The number of anilines is 1. The predicted molar refractivity (Wildman–Crippen MR) is 71.7 cm³/mol. The minimum absolute atomic E-state index is 0.399. The average Bonchev–Trinajstić information content (AvgIpc) is 2.84. The van der Waals surface area contributed by atoms with Crippen LogP contribution in [0.4, 0.5) is 5.69 Å². The third-order valence-corrected chi connectivity index (χ3v) is 2.76. The smallest absolute Gasteiger partial charge is 0.146 e. The van der Waals surface area contributed by atoms with Gasteiger partial charge in [-0.05, 0) is 18.2 Å². The molecule has 0 aliphatic carbocycles. The number of hydrogen-bond donors (Lipinski definition) is 1. The molecule has 0 fully saturated rings. The molecule has 1 heterocycles. The first-order valence-electron chi connectivity index (χ1n) is 5.86. The number of hydrogen-bond acceptors (Lipinski definition) is 4. The number of ether oxygens (including phenoxy) is 1. The third-order valence-electron chi connectivity index (χ3n) is 2.76. The highest BCUT2D eigenvalue weighted by Gasteiger charge is 2.06. The molecular weight excluding hydrogens is 228 g/mol. The minimum atomic E-state index is 0.399. The van der Waals surface area contributed by atoms with Gasteiger partial charge in [0.2, 0.25) is 0 Å². The van der Waals surface area contributed by atoms with Gasteiger partial charge in [-0.25, -0.2) is 0 Å². The van der Waals surface area contributed by atoms with E-state index < -0.39 is 0 Å². The fourth-order valence-electron chi connectivity index (χ4n) is 1.68. The average molecular weight is 246 g/mol. The molecular formula is C14H18N2O2. The van der Waals surface area contributed by atoms with Crippen molar-refractivity contribution in [3.05, 3.63) is 47.9 Å². The van der Waals surface area contributed by atoms with Crippen molar-refractivity contribution in [2.45, 2.75) is 13.2 Å². The quantitative estimate of drug-likeness (QED) is 0.880. The summed E-state index contributed by atoms with van der Waals surface area (Å²) >= 11 is 0. The summed E-state index contributed by atoms with van der Waals surface area (Å²) in [5.74, 6) is 1.60. The van der Waals surface area contributed by atoms with Crippen LogP contribution >= 0.6 is 0 Å². The summed E-state index contributed by atoms with van der Waals surface area (Å²) in [5.41, 5.74) is 7.69. The molecule has 4 heteroatoms. The summed E-state index contributed by atoms with van der Waals surface area (Å²) in [6.07, 6.45) is 1.64. The monoisotopic (exact) mass is 246 g/mol. The van der Waals surface area contributed by atoms with Crippen LogP contribution in [0.2, 0.25) is 0 Å². The van der Waals surface area contributed by atoms with E-state index in [4.69, 9.17) is 14.9 Å². The zero-order valence-corrected chi connectivity index (χ0v) is 10.7. The largest absolute Gasteiger partial charge is 0.486 e. The van der Waals surface area contributed by atoms with Gasteiger partial charge in [0.05, 0.1) is 6.26 Å². The van der Waals surface area contributed by atoms with Crippen LogP contribution in [0.25, 0.3) is 0 Å². The molecule has 0 unspecified atom stereocenters. The minimum Gasteiger partial charge on any atom is -0.486 e. The van der Waals surface area contributed by atoms with Crippen LogP contribution in [-0.2, 0) is 13.2 Å². The number of benzene rings is 1. The van der Waals surface area contributed by atoms with E-state index in [1.54, 1.807) is 6.26 Å². The SMILES string of the molecule is CN(C)c1cccc(OCc2occc2CN)c1. The van der Waals surface area contributed by atoms with Crippen molar-refractivity contribution in [1.82, 2.24) is 0 Å². The maximum absolute atomic E-state index is 5.71. The Kier molecular flexibility index (Phi) is 3.89. The molecule has 0 aliphatic rings. The zero-order chi connectivity index (χ0) is 13.0. The lowest BCUT2D eigenvalue weighted by Gasteiger charge is -2.13. The van der Waals surface area contributed by atoms with Crippen molar-refractivity contribution in [2.24, 2.45) is 5.73 Å². The molecule has 0 saturated carbocycles. The van der Waals surface area contributed by atoms with Crippen LogP contribution in [0.1, 0.15) is 11.3 Å². The molecule has 96 valence electrons.